The van der Waals surface area contributed by atoms with E-state index >= 15 is 0 Å². The molecule has 3 unspecified atom stereocenters. The van der Waals surface area contributed by atoms with Gasteiger partial charge in [-0.2, -0.15) is 0 Å². The molecule has 3 heterocycles. The zero-order valence-corrected chi connectivity index (χ0v) is 14.7. The van der Waals surface area contributed by atoms with Gasteiger partial charge in [0.1, 0.15) is 0 Å². The summed E-state index contributed by atoms with van der Waals surface area (Å²) in [6, 6.07) is 1.77. The maximum absolute atomic E-state index is 12.5. The SMILES string of the molecule is CC1CN(C)CCN1C(=O)CC1CC2CCC(C1)N2.Cl.Cl. The van der Waals surface area contributed by atoms with Gasteiger partial charge in [-0.25, -0.2) is 0 Å². The van der Waals surface area contributed by atoms with Crippen molar-refractivity contribution in [2.24, 2.45) is 5.92 Å². The lowest BCUT2D eigenvalue weighted by Gasteiger charge is -2.39. The first-order chi connectivity index (χ1) is 9.11. The molecule has 3 fully saturated rings. The molecular formula is C15H29Cl2N3O. The van der Waals surface area contributed by atoms with Crippen molar-refractivity contribution in [2.45, 2.75) is 57.2 Å². The Morgan fingerprint density at radius 3 is 2.33 bits per heavy atom. The van der Waals surface area contributed by atoms with E-state index in [0.717, 1.165) is 26.1 Å². The van der Waals surface area contributed by atoms with E-state index in [2.05, 4.69) is 29.1 Å². The highest BCUT2D eigenvalue weighted by molar-refractivity contribution is 5.85. The Bertz CT molecular complexity index is 344. The van der Waals surface area contributed by atoms with Gasteiger partial charge in [0, 0.05) is 44.2 Å². The number of fused-ring (bicyclic) bond motifs is 2. The highest BCUT2D eigenvalue weighted by Gasteiger charge is 2.35. The second kappa shape index (κ2) is 8.00. The molecule has 3 atom stereocenters. The van der Waals surface area contributed by atoms with Crippen molar-refractivity contribution in [3.63, 3.8) is 0 Å². The Hall–Kier alpha value is -0.0300. The van der Waals surface area contributed by atoms with Crippen LogP contribution in [0.3, 0.4) is 0 Å². The summed E-state index contributed by atoms with van der Waals surface area (Å²) in [5, 5.41) is 3.66. The smallest absolute Gasteiger partial charge is 0.223 e. The minimum absolute atomic E-state index is 0. The van der Waals surface area contributed by atoms with Gasteiger partial charge in [-0.1, -0.05) is 0 Å². The van der Waals surface area contributed by atoms with Gasteiger partial charge in [0.25, 0.3) is 0 Å². The average Bonchev–Trinajstić information content (AvgIpc) is 2.68. The first-order valence-corrected chi connectivity index (χ1v) is 7.86. The van der Waals surface area contributed by atoms with Gasteiger partial charge in [0.05, 0.1) is 0 Å². The van der Waals surface area contributed by atoms with Crippen LogP contribution in [-0.2, 0) is 4.79 Å². The van der Waals surface area contributed by atoms with Crippen molar-refractivity contribution in [1.29, 1.82) is 0 Å². The van der Waals surface area contributed by atoms with Crippen molar-refractivity contribution < 1.29 is 4.79 Å². The number of carbonyl (C=O) groups is 1. The van der Waals surface area contributed by atoms with Crippen LogP contribution in [0, 0.1) is 5.92 Å². The van der Waals surface area contributed by atoms with E-state index < -0.39 is 0 Å². The highest BCUT2D eigenvalue weighted by Crippen LogP contribution is 2.33. The Morgan fingerprint density at radius 1 is 1.14 bits per heavy atom. The third-order valence-corrected chi connectivity index (χ3v) is 5.18. The van der Waals surface area contributed by atoms with Crippen molar-refractivity contribution in [2.75, 3.05) is 26.7 Å². The number of likely N-dealkylation sites (N-methyl/N-ethyl adjacent to an activating group) is 1. The molecule has 2 bridgehead atoms. The molecule has 0 aromatic carbocycles. The quantitative estimate of drug-likeness (QED) is 0.836. The summed E-state index contributed by atoms with van der Waals surface area (Å²) in [5.41, 5.74) is 0. The lowest BCUT2D eigenvalue weighted by atomic mass is 9.89. The monoisotopic (exact) mass is 337 g/mol. The summed E-state index contributed by atoms with van der Waals surface area (Å²) in [5.74, 6) is 1.02. The first kappa shape index (κ1) is 19.0. The fourth-order valence-corrected chi connectivity index (χ4v) is 4.22. The summed E-state index contributed by atoms with van der Waals surface area (Å²) >= 11 is 0. The minimum Gasteiger partial charge on any atom is -0.337 e. The van der Waals surface area contributed by atoms with Gasteiger partial charge >= 0.3 is 0 Å². The summed E-state index contributed by atoms with van der Waals surface area (Å²) in [6.07, 6.45) is 5.85. The number of piperidine rings is 1. The van der Waals surface area contributed by atoms with E-state index in [4.69, 9.17) is 0 Å². The van der Waals surface area contributed by atoms with E-state index in [1.807, 2.05) is 0 Å². The molecule has 0 radical (unpaired) electrons. The Morgan fingerprint density at radius 2 is 1.76 bits per heavy atom. The molecule has 3 saturated heterocycles. The number of piperazine rings is 1. The molecule has 3 aliphatic heterocycles. The van der Waals surface area contributed by atoms with Crippen molar-refractivity contribution in [3.8, 4) is 0 Å². The Balaban J connectivity index is 0.00000110. The van der Waals surface area contributed by atoms with Crippen LogP contribution in [0.4, 0.5) is 0 Å². The predicted molar refractivity (Wildman–Crippen MR) is 90.5 cm³/mol. The van der Waals surface area contributed by atoms with Crippen LogP contribution in [0.2, 0.25) is 0 Å². The first-order valence-electron chi connectivity index (χ1n) is 7.86. The number of hydrogen-bond donors (Lipinski definition) is 1. The van der Waals surface area contributed by atoms with Crippen molar-refractivity contribution >= 4 is 30.7 Å². The maximum atomic E-state index is 12.5. The topological polar surface area (TPSA) is 35.6 Å². The largest absolute Gasteiger partial charge is 0.337 e. The molecule has 0 aromatic heterocycles. The lowest BCUT2D eigenvalue weighted by Crippen LogP contribution is -2.53. The average molecular weight is 338 g/mol. The molecular weight excluding hydrogens is 309 g/mol. The molecule has 0 aromatic rings. The number of halogens is 2. The molecule has 4 nitrogen and oxygen atoms in total. The van der Waals surface area contributed by atoms with E-state index in [1.165, 1.54) is 25.7 Å². The van der Waals surface area contributed by atoms with Crippen LogP contribution in [0.1, 0.15) is 39.0 Å². The Labute approximate surface area is 140 Å². The summed E-state index contributed by atoms with van der Waals surface area (Å²) in [4.78, 5) is 16.9. The number of nitrogens with one attached hydrogen (secondary N) is 1. The molecule has 0 saturated carbocycles. The predicted octanol–water partition coefficient (Wildman–Crippen LogP) is 1.91. The van der Waals surface area contributed by atoms with Crippen LogP contribution in [0.25, 0.3) is 0 Å². The van der Waals surface area contributed by atoms with Crippen molar-refractivity contribution in [1.82, 2.24) is 15.1 Å². The third kappa shape index (κ3) is 4.47. The van der Waals surface area contributed by atoms with Crippen LogP contribution in [-0.4, -0.2) is 60.5 Å². The van der Waals surface area contributed by atoms with Crippen LogP contribution in [0.15, 0.2) is 0 Å². The highest BCUT2D eigenvalue weighted by atomic mass is 35.5. The summed E-state index contributed by atoms with van der Waals surface area (Å²) < 4.78 is 0. The van der Waals surface area contributed by atoms with E-state index in [0.29, 0.717) is 30.0 Å². The number of amides is 1. The van der Waals surface area contributed by atoms with Crippen LogP contribution < -0.4 is 5.32 Å². The van der Waals surface area contributed by atoms with Gasteiger partial charge in [-0.15, -0.1) is 24.8 Å². The molecule has 3 rings (SSSR count). The van der Waals surface area contributed by atoms with Gasteiger partial charge < -0.3 is 15.1 Å². The van der Waals surface area contributed by atoms with Crippen LogP contribution >= 0.6 is 24.8 Å². The third-order valence-electron chi connectivity index (χ3n) is 5.18. The maximum Gasteiger partial charge on any atom is 0.223 e. The van der Waals surface area contributed by atoms with Gasteiger partial charge in [-0.3, -0.25) is 4.79 Å². The molecule has 124 valence electrons. The number of rotatable bonds is 2. The van der Waals surface area contributed by atoms with Gasteiger partial charge in [-0.05, 0) is 45.6 Å². The summed E-state index contributed by atoms with van der Waals surface area (Å²) in [7, 11) is 2.14. The second-order valence-electron chi connectivity index (χ2n) is 6.88. The second-order valence-corrected chi connectivity index (χ2v) is 6.88. The lowest BCUT2D eigenvalue weighted by molar-refractivity contribution is -0.136. The molecule has 21 heavy (non-hydrogen) atoms. The molecule has 0 aliphatic carbocycles. The fraction of sp³-hybridized carbons (Fsp3) is 0.933. The van der Waals surface area contributed by atoms with E-state index in [-0.39, 0.29) is 24.8 Å². The number of carbonyl (C=O) groups excluding carboxylic acids is 1. The minimum atomic E-state index is 0. The van der Waals surface area contributed by atoms with Gasteiger partial charge in [0.15, 0.2) is 0 Å². The summed E-state index contributed by atoms with van der Waals surface area (Å²) in [6.45, 7) is 5.13. The number of hydrogen-bond acceptors (Lipinski definition) is 3. The zero-order valence-electron chi connectivity index (χ0n) is 13.1. The zero-order chi connectivity index (χ0) is 13.4. The molecule has 1 N–H and O–H groups in total. The van der Waals surface area contributed by atoms with Crippen LogP contribution in [0.5, 0.6) is 0 Å². The molecule has 6 heteroatoms. The van der Waals surface area contributed by atoms with Gasteiger partial charge in [0.2, 0.25) is 5.91 Å². The normalized spacial score (nSPS) is 35.8. The van der Waals surface area contributed by atoms with E-state index in [9.17, 15) is 4.79 Å². The fourth-order valence-electron chi connectivity index (χ4n) is 4.22. The Kier molecular flexibility index (Phi) is 7.25. The number of nitrogens with zero attached hydrogens (tertiary/aromatic N) is 2. The van der Waals surface area contributed by atoms with E-state index in [1.54, 1.807) is 0 Å². The standard InChI is InChI=1S/C15H27N3O.2ClH/c1-11-10-17(2)5-6-18(11)15(19)9-12-7-13-3-4-14(8-12)16-13;;/h11-14,16H,3-10H2,1-2H3;2*1H. The molecule has 1 amide bonds. The molecule has 0 spiro atoms. The van der Waals surface area contributed by atoms with Crippen molar-refractivity contribution in [3.05, 3.63) is 0 Å². The molecule has 3 aliphatic rings.